The average Bonchev–Trinajstić information content (AvgIpc) is 2.45. The summed E-state index contributed by atoms with van der Waals surface area (Å²) in [5, 5.41) is 10.1. The normalized spacial score (nSPS) is 11.9. The van der Waals surface area contributed by atoms with Gasteiger partial charge in [0.15, 0.2) is 0 Å². The first-order valence-corrected chi connectivity index (χ1v) is 6.53. The number of methoxy groups -OCH3 is 1. The molecule has 0 saturated carbocycles. The molecule has 100 valence electrons. The van der Waals surface area contributed by atoms with Crippen LogP contribution in [-0.4, -0.2) is 23.8 Å². The van der Waals surface area contributed by atoms with Crippen molar-refractivity contribution in [2.45, 2.75) is 6.10 Å². The van der Waals surface area contributed by atoms with Crippen LogP contribution in [0, 0.1) is 0 Å². The van der Waals surface area contributed by atoms with E-state index in [1.54, 1.807) is 31.6 Å². The van der Waals surface area contributed by atoms with Crippen LogP contribution in [-0.2, 0) is 0 Å². The van der Waals surface area contributed by atoms with Gasteiger partial charge in [-0.25, -0.2) is 0 Å². The van der Waals surface area contributed by atoms with Gasteiger partial charge in [0.2, 0.25) is 0 Å². The van der Waals surface area contributed by atoms with Crippen molar-refractivity contribution in [3.8, 4) is 11.5 Å². The molecule has 1 unspecified atom stereocenters. The van der Waals surface area contributed by atoms with Crippen molar-refractivity contribution in [3.05, 3.63) is 52.8 Å². The zero-order chi connectivity index (χ0) is 13.7. The van der Waals surface area contributed by atoms with E-state index in [1.807, 2.05) is 18.2 Å². The van der Waals surface area contributed by atoms with E-state index < -0.39 is 6.10 Å². The topological polar surface area (TPSA) is 51.6 Å². The van der Waals surface area contributed by atoms with Gasteiger partial charge in [-0.2, -0.15) is 0 Å². The van der Waals surface area contributed by atoms with E-state index in [-0.39, 0.29) is 6.61 Å². The number of nitrogens with zero attached hydrogens (tertiary/aromatic N) is 1. The van der Waals surface area contributed by atoms with Gasteiger partial charge in [-0.15, -0.1) is 0 Å². The Balaban J connectivity index is 1.99. The second kappa shape index (κ2) is 6.54. The number of aliphatic hydroxyl groups excluding tert-OH is 1. The summed E-state index contributed by atoms with van der Waals surface area (Å²) in [6, 6.07) is 9.07. The Kier molecular flexibility index (Phi) is 4.76. The molecular formula is C14H14BrNO3. The molecular weight excluding hydrogens is 310 g/mol. The summed E-state index contributed by atoms with van der Waals surface area (Å²) in [5.74, 6) is 1.32. The van der Waals surface area contributed by atoms with Crippen LogP contribution in [0.25, 0.3) is 0 Å². The van der Waals surface area contributed by atoms with E-state index >= 15 is 0 Å². The van der Waals surface area contributed by atoms with Crippen LogP contribution in [0.2, 0.25) is 0 Å². The highest BCUT2D eigenvalue weighted by molar-refractivity contribution is 9.10. The molecule has 1 aromatic carbocycles. The molecule has 0 fully saturated rings. The quantitative estimate of drug-likeness (QED) is 0.919. The lowest BCUT2D eigenvalue weighted by atomic mass is 10.1. The number of halogens is 1. The lowest BCUT2D eigenvalue weighted by Gasteiger charge is -2.13. The standard InChI is InChI=1S/C14H14BrNO3/c1-18-12-4-2-3-10(5-12)14(17)9-19-13-6-11(15)7-16-8-13/h2-8,14,17H,9H2,1H3. The maximum Gasteiger partial charge on any atom is 0.138 e. The molecule has 2 aromatic rings. The molecule has 1 atom stereocenters. The second-order valence-electron chi connectivity index (χ2n) is 3.94. The minimum atomic E-state index is -0.714. The first-order valence-electron chi connectivity index (χ1n) is 5.74. The van der Waals surface area contributed by atoms with Crippen molar-refractivity contribution in [3.63, 3.8) is 0 Å². The van der Waals surface area contributed by atoms with Crippen molar-refractivity contribution in [2.75, 3.05) is 13.7 Å². The van der Waals surface area contributed by atoms with Crippen LogP contribution in [0.3, 0.4) is 0 Å². The fourth-order valence-electron chi connectivity index (χ4n) is 1.59. The van der Waals surface area contributed by atoms with E-state index in [1.165, 1.54) is 0 Å². The summed E-state index contributed by atoms with van der Waals surface area (Å²) in [4.78, 5) is 3.99. The smallest absolute Gasteiger partial charge is 0.138 e. The third-order valence-electron chi connectivity index (χ3n) is 2.57. The van der Waals surface area contributed by atoms with Gasteiger partial charge >= 0.3 is 0 Å². The molecule has 1 aromatic heterocycles. The number of ether oxygens (including phenoxy) is 2. The monoisotopic (exact) mass is 323 g/mol. The number of hydrogen-bond donors (Lipinski definition) is 1. The van der Waals surface area contributed by atoms with Crippen LogP contribution >= 0.6 is 15.9 Å². The first-order chi connectivity index (χ1) is 9.19. The third-order valence-corrected chi connectivity index (χ3v) is 3.00. The van der Waals surface area contributed by atoms with Crippen molar-refractivity contribution >= 4 is 15.9 Å². The van der Waals surface area contributed by atoms with Gasteiger partial charge in [-0.05, 0) is 39.7 Å². The van der Waals surface area contributed by atoms with Crippen LogP contribution < -0.4 is 9.47 Å². The van der Waals surface area contributed by atoms with Crippen LogP contribution in [0.5, 0.6) is 11.5 Å². The predicted octanol–water partition coefficient (Wildman–Crippen LogP) is 2.97. The lowest BCUT2D eigenvalue weighted by Crippen LogP contribution is -2.09. The molecule has 0 spiro atoms. The molecule has 2 rings (SSSR count). The predicted molar refractivity (Wildman–Crippen MR) is 75.4 cm³/mol. The van der Waals surface area contributed by atoms with Crippen molar-refractivity contribution in [1.82, 2.24) is 4.98 Å². The highest BCUT2D eigenvalue weighted by Crippen LogP contribution is 2.21. The van der Waals surface area contributed by atoms with Gasteiger partial charge in [0.25, 0.3) is 0 Å². The Morgan fingerprint density at radius 2 is 2.11 bits per heavy atom. The molecule has 5 heteroatoms. The molecule has 0 saturated heterocycles. The highest BCUT2D eigenvalue weighted by atomic mass is 79.9. The van der Waals surface area contributed by atoms with Crippen molar-refractivity contribution in [1.29, 1.82) is 0 Å². The SMILES string of the molecule is COc1cccc(C(O)COc2cncc(Br)c2)c1. The van der Waals surface area contributed by atoms with Gasteiger partial charge in [0.05, 0.1) is 13.3 Å². The molecule has 19 heavy (non-hydrogen) atoms. The Hall–Kier alpha value is -1.59. The van der Waals surface area contributed by atoms with Gasteiger partial charge in [-0.1, -0.05) is 12.1 Å². The number of rotatable bonds is 5. The number of pyridine rings is 1. The van der Waals surface area contributed by atoms with E-state index in [0.717, 1.165) is 10.0 Å². The summed E-state index contributed by atoms with van der Waals surface area (Å²) in [5.41, 5.74) is 0.752. The molecule has 4 nitrogen and oxygen atoms in total. The van der Waals surface area contributed by atoms with Gasteiger partial charge in [-0.3, -0.25) is 4.98 Å². The van der Waals surface area contributed by atoms with Gasteiger partial charge in [0, 0.05) is 10.7 Å². The van der Waals surface area contributed by atoms with Crippen LogP contribution in [0.4, 0.5) is 0 Å². The number of benzene rings is 1. The molecule has 0 aliphatic heterocycles. The minimum Gasteiger partial charge on any atom is -0.497 e. The molecule has 1 N–H and O–H groups in total. The van der Waals surface area contributed by atoms with E-state index in [4.69, 9.17) is 9.47 Å². The zero-order valence-corrected chi connectivity index (χ0v) is 12.0. The van der Waals surface area contributed by atoms with Gasteiger partial charge in [0.1, 0.15) is 24.2 Å². The number of hydrogen-bond acceptors (Lipinski definition) is 4. The highest BCUT2D eigenvalue weighted by Gasteiger charge is 2.09. The molecule has 0 radical (unpaired) electrons. The zero-order valence-electron chi connectivity index (χ0n) is 10.4. The van der Waals surface area contributed by atoms with Crippen LogP contribution in [0.15, 0.2) is 47.2 Å². The Morgan fingerprint density at radius 3 is 2.84 bits per heavy atom. The summed E-state index contributed by atoms with van der Waals surface area (Å²) in [7, 11) is 1.59. The third kappa shape index (κ3) is 3.94. The van der Waals surface area contributed by atoms with Crippen LogP contribution in [0.1, 0.15) is 11.7 Å². The fraction of sp³-hybridized carbons (Fsp3) is 0.214. The summed E-state index contributed by atoms with van der Waals surface area (Å²) >= 11 is 3.31. The Bertz CT molecular complexity index is 548. The lowest BCUT2D eigenvalue weighted by molar-refractivity contribution is 0.108. The summed E-state index contributed by atoms with van der Waals surface area (Å²) in [6.07, 6.45) is 2.56. The maximum atomic E-state index is 10.1. The van der Waals surface area contributed by atoms with E-state index in [9.17, 15) is 5.11 Å². The maximum absolute atomic E-state index is 10.1. The number of aliphatic hydroxyl groups is 1. The van der Waals surface area contributed by atoms with Gasteiger partial charge < -0.3 is 14.6 Å². The van der Waals surface area contributed by atoms with E-state index in [0.29, 0.717) is 11.5 Å². The number of aromatic nitrogens is 1. The summed E-state index contributed by atoms with van der Waals surface area (Å²) in [6.45, 7) is 0.158. The van der Waals surface area contributed by atoms with Crippen molar-refractivity contribution < 1.29 is 14.6 Å². The molecule has 0 amide bonds. The average molecular weight is 324 g/mol. The molecule has 0 bridgehead atoms. The Morgan fingerprint density at radius 1 is 1.26 bits per heavy atom. The fourth-order valence-corrected chi connectivity index (χ4v) is 1.94. The summed E-state index contributed by atoms with van der Waals surface area (Å²) < 4.78 is 11.4. The molecule has 0 aliphatic carbocycles. The van der Waals surface area contributed by atoms with E-state index in [2.05, 4.69) is 20.9 Å². The van der Waals surface area contributed by atoms with Crippen molar-refractivity contribution in [2.24, 2.45) is 0 Å². The molecule has 1 heterocycles. The minimum absolute atomic E-state index is 0.158. The largest absolute Gasteiger partial charge is 0.497 e. The molecule has 0 aliphatic rings. The second-order valence-corrected chi connectivity index (χ2v) is 4.86. The Labute approximate surface area is 120 Å². The first kappa shape index (κ1) is 13.8.